The van der Waals surface area contributed by atoms with Crippen LogP contribution in [0.4, 0.5) is 0 Å². The Morgan fingerprint density at radius 3 is 2.00 bits per heavy atom. The molecular formula is C11H15N3. The van der Waals surface area contributed by atoms with Crippen molar-refractivity contribution in [1.82, 2.24) is 0 Å². The van der Waals surface area contributed by atoms with Crippen LogP contribution < -0.4 is 11.5 Å². The van der Waals surface area contributed by atoms with Gasteiger partial charge in [0.1, 0.15) is 0 Å². The highest BCUT2D eigenvalue weighted by molar-refractivity contribution is 5.22. The van der Waals surface area contributed by atoms with Gasteiger partial charge in [0.15, 0.2) is 0 Å². The van der Waals surface area contributed by atoms with Crippen LogP contribution in [-0.2, 0) is 13.1 Å². The van der Waals surface area contributed by atoms with E-state index in [0.29, 0.717) is 13.1 Å². The first kappa shape index (κ1) is 12.4. The fraction of sp³-hybridized carbons (Fsp3) is 0.182. The number of hydrogen-bond donors (Lipinski definition) is 2. The van der Waals surface area contributed by atoms with Gasteiger partial charge in [-0.05, 0) is 11.1 Å². The first-order chi connectivity index (χ1) is 6.78. The van der Waals surface area contributed by atoms with Gasteiger partial charge in [-0.15, -0.1) is 0 Å². The molecule has 0 radical (unpaired) electrons. The Morgan fingerprint density at radius 1 is 1.29 bits per heavy atom. The van der Waals surface area contributed by atoms with Crippen LogP contribution >= 0.6 is 0 Å². The van der Waals surface area contributed by atoms with Gasteiger partial charge in [0, 0.05) is 19.2 Å². The summed E-state index contributed by atoms with van der Waals surface area (Å²) < 4.78 is 0. The lowest BCUT2D eigenvalue weighted by molar-refractivity contribution is 1.03. The molecular weight excluding hydrogens is 174 g/mol. The van der Waals surface area contributed by atoms with Crippen molar-refractivity contribution in [1.29, 1.82) is 5.26 Å². The summed E-state index contributed by atoms with van der Waals surface area (Å²) in [5.41, 5.74) is 13.1. The number of nitrogens with zero attached hydrogens (tertiary/aromatic N) is 1. The number of allylic oxidation sites excluding steroid dienone is 1. The maximum Gasteiger partial charge on any atom is 0.0905 e. The van der Waals surface area contributed by atoms with E-state index in [1.165, 1.54) is 6.08 Å². The van der Waals surface area contributed by atoms with E-state index in [9.17, 15) is 0 Å². The number of nitriles is 1. The highest BCUT2D eigenvalue weighted by Gasteiger charge is 1.89. The van der Waals surface area contributed by atoms with Crippen molar-refractivity contribution in [2.75, 3.05) is 0 Å². The van der Waals surface area contributed by atoms with Gasteiger partial charge in [0.25, 0.3) is 0 Å². The van der Waals surface area contributed by atoms with Gasteiger partial charge < -0.3 is 11.5 Å². The minimum Gasteiger partial charge on any atom is -0.326 e. The molecule has 0 atom stereocenters. The van der Waals surface area contributed by atoms with Gasteiger partial charge in [-0.2, -0.15) is 5.26 Å². The predicted octanol–water partition coefficient (Wildman–Crippen LogP) is 1.30. The zero-order valence-corrected chi connectivity index (χ0v) is 8.11. The molecule has 0 saturated carbocycles. The van der Waals surface area contributed by atoms with Crippen LogP contribution in [0.2, 0.25) is 0 Å². The highest BCUT2D eigenvalue weighted by Crippen LogP contribution is 2.02. The van der Waals surface area contributed by atoms with Gasteiger partial charge in [-0.3, -0.25) is 0 Å². The van der Waals surface area contributed by atoms with Crippen molar-refractivity contribution in [2.45, 2.75) is 13.1 Å². The van der Waals surface area contributed by atoms with Crippen LogP contribution in [0.1, 0.15) is 11.1 Å². The minimum absolute atomic E-state index is 0.591. The Morgan fingerprint density at radius 2 is 1.71 bits per heavy atom. The summed E-state index contributed by atoms with van der Waals surface area (Å²) in [6.07, 6.45) is 1.18. The normalized spacial score (nSPS) is 8.07. The number of nitrogens with two attached hydrogens (primary N) is 2. The van der Waals surface area contributed by atoms with Crippen LogP contribution in [-0.4, -0.2) is 0 Å². The summed E-state index contributed by atoms with van der Waals surface area (Å²) in [4.78, 5) is 0. The highest BCUT2D eigenvalue weighted by atomic mass is 14.5. The number of hydrogen-bond acceptors (Lipinski definition) is 3. The Labute approximate surface area is 84.6 Å². The van der Waals surface area contributed by atoms with Crippen LogP contribution in [0.3, 0.4) is 0 Å². The van der Waals surface area contributed by atoms with E-state index in [1.807, 2.05) is 24.3 Å². The van der Waals surface area contributed by atoms with Gasteiger partial charge in [0.05, 0.1) is 6.07 Å². The van der Waals surface area contributed by atoms with Crippen molar-refractivity contribution >= 4 is 0 Å². The Balaban J connectivity index is 0.000000364. The van der Waals surface area contributed by atoms with Crippen LogP contribution in [0, 0.1) is 11.3 Å². The van der Waals surface area contributed by atoms with Crippen molar-refractivity contribution in [3.8, 4) is 6.07 Å². The molecule has 0 aliphatic rings. The van der Waals surface area contributed by atoms with E-state index in [0.717, 1.165) is 11.1 Å². The van der Waals surface area contributed by atoms with Gasteiger partial charge in [0.2, 0.25) is 0 Å². The van der Waals surface area contributed by atoms with Gasteiger partial charge in [-0.1, -0.05) is 30.8 Å². The van der Waals surface area contributed by atoms with Crippen molar-refractivity contribution in [3.63, 3.8) is 0 Å². The Kier molecular flexibility index (Phi) is 7.06. The monoisotopic (exact) mass is 189 g/mol. The SMILES string of the molecule is C=CC#N.NCc1cccc(CN)c1. The van der Waals surface area contributed by atoms with E-state index in [1.54, 1.807) is 6.07 Å². The van der Waals surface area contributed by atoms with E-state index < -0.39 is 0 Å². The number of rotatable bonds is 2. The fourth-order valence-electron chi connectivity index (χ4n) is 0.884. The molecule has 0 heterocycles. The van der Waals surface area contributed by atoms with E-state index >= 15 is 0 Å². The molecule has 0 bridgehead atoms. The molecule has 0 spiro atoms. The van der Waals surface area contributed by atoms with Crippen molar-refractivity contribution in [3.05, 3.63) is 48.0 Å². The molecule has 1 aromatic carbocycles. The molecule has 3 nitrogen and oxygen atoms in total. The Bertz CT molecular complexity index is 293. The van der Waals surface area contributed by atoms with Crippen LogP contribution in [0.25, 0.3) is 0 Å². The van der Waals surface area contributed by atoms with Crippen LogP contribution in [0.5, 0.6) is 0 Å². The summed E-state index contributed by atoms with van der Waals surface area (Å²) >= 11 is 0. The quantitative estimate of drug-likeness (QED) is 0.688. The average Bonchev–Trinajstić information content (AvgIpc) is 2.29. The summed E-state index contributed by atoms with van der Waals surface area (Å²) in [7, 11) is 0. The topological polar surface area (TPSA) is 75.8 Å². The lowest BCUT2D eigenvalue weighted by Crippen LogP contribution is -2.00. The molecule has 1 aromatic rings. The third-order valence-corrected chi connectivity index (χ3v) is 1.55. The molecule has 0 aromatic heterocycles. The predicted molar refractivity (Wildman–Crippen MR) is 58.0 cm³/mol. The second-order valence-electron chi connectivity index (χ2n) is 2.56. The largest absolute Gasteiger partial charge is 0.326 e. The lowest BCUT2D eigenvalue weighted by Gasteiger charge is -1.98. The maximum atomic E-state index is 7.51. The molecule has 0 aliphatic carbocycles. The second kappa shape index (κ2) is 7.99. The van der Waals surface area contributed by atoms with Crippen LogP contribution in [0.15, 0.2) is 36.9 Å². The molecule has 74 valence electrons. The third-order valence-electron chi connectivity index (χ3n) is 1.55. The van der Waals surface area contributed by atoms with Gasteiger partial charge >= 0.3 is 0 Å². The summed E-state index contributed by atoms with van der Waals surface area (Å²) in [6, 6.07) is 9.70. The Hall–Kier alpha value is -1.63. The molecule has 14 heavy (non-hydrogen) atoms. The zero-order chi connectivity index (χ0) is 10.8. The zero-order valence-electron chi connectivity index (χ0n) is 8.11. The molecule has 0 fully saturated rings. The van der Waals surface area contributed by atoms with Crippen molar-refractivity contribution in [2.24, 2.45) is 11.5 Å². The molecule has 4 N–H and O–H groups in total. The molecule has 1 rings (SSSR count). The van der Waals surface area contributed by atoms with Gasteiger partial charge in [-0.25, -0.2) is 0 Å². The van der Waals surface area contributed by atoms with E-state index in [4.69, 9.17) is 16.7 Å². The average molecular weight is 189 g/mol. The second-order valence-corrected chi connectivity index (χ2v) is 2.56. The smallest absolute Gasteiger partial charge is 0.0905 e. The van der Waals surface area contributed by atoms with Crippen molar-refractivity contribution < 1.29 is 0 Å². The third kappa shape index (κ3) is 5.09. The molecule has 3 heteroatoms. The molecule has 0 saturated heterocycles. The minimum atomic E-state index is 0.591. The number of benzene rings is 1. The summed E-state index contributed by atoms with van der Waals surface area (Å²) in [6.45, 7) is 4.30. The first-order valence-corrected chi connectivity index (χ1v) is 4.27. The van der Waals surface area contributed by atoms with E-state index in [-0.39, 0.29) is 0 Å². The van der Waals surface area contributed by atoms with E-state index in [2.05, 4.69) is 6.58 Å². The summed E-state index contributed by atoms with van der Waals surface area (Å²) in [5, 5.41) is 7.51. The molecule has 0 aliphatic heterocycles. The lowest BCUT2D eigenvalue weighted by atomic mass is 10.1. The summed E-state index contributed by atoms with van der Waals surface area (Å²) in [5.74, 6) is 0. The maximum absolute atomic E-state index is 7.51. The standard InChI is InChI=1S/C8H12N2.C3H3N/c9-5-7-2-1-3-8(4-7)6-10;1-2-3-4/h1-4H,5-6,9-10H2;2H,1H2. The molecule has 0 amide bonds. The molecule has 0 unspecified atom stereocenters. The first-order valence-electron chi connectivity index (χ1n) is 4.27. The fourth-order valence-corrected chi connectivity index (χ4v) is 0.884.